The molecule has 0 amide bonds. The highest BCUT2D eigenvalue weighted by Crippen LogP contribution is 2.23. The number of rotatable bonds is 4. The molecule has 0 fully saturated rings. The molecule has 0 bridgehead atoms. The van der Waals surface area contributed by atoms with Gasteiger partial charge in [-0.2, -0.15) is 4.98 Å². The topological polar surface area (TPSA) is 65.2 Å². The molecule has 0 saturated carbocycles. The van der Waals surface area contributed by atoms with Crippen molar-refractivity contribution in [3.63, 3.8) is 0 Å². The number of nitrogens with zero attached hydrogens (tertiary/aromatic N) is 2. The van der Waals surface area contributed by atoms with Gasteiger partial charge < -0.3 is 9.26 Å². The molecule has 3 aromatic rings. The van der Waals surface area contributed by atoms with E-state index in [9.17, 15) is 13.6 Å². The fourth-order valence-corrected chi connectivity index (χ4v) is 2.29. The molecule has 2 aromatic carbocycles. The lowest BCUT2D eigenvalue weighted by Gasteiger charge is -2.14. The number of halogens is 2. The van der Waals surface area contributed by atoms with Crippen LogP contribution < -0.4 is 0 Å². The molecule has 7 heteroatoms. The van der Waals surface area contributed by atoms with Crippen LogP contribution in [0.15, 0.2) is 47.0 Å². The summed E-state index contributed by atoms with van der Waals surface area (Å²) in [6.07, 6.45) is -0.855. The van der Waals surface area contributed by atoms with Gasteiger partial charge in [0.2, 0.25) is 0 Å². The number of aryl methyl sites for hydroxylation is 1. The van der Waals surface area contributed by atoms with Crippen LogP contribution in [-0.4, -0.2) is 16.1 Å². The predicted octanol–water partition coefficient (Wildman–Crippen LogP) is 4.24. The molecule has 0 saturated heterocycles. The van der Waals surface area contributed by atoms with Crippen LogP contribution in [0, 0.1) is 18.6 Å². The zero-order valence-corrected chi connectivity index (χ0v) is 13.5. The molecular weight excluding hydrogens is 330 g/mol. The third-order valence-electron chi connectivity index (χ3n) is 3.58. The number of hydrogen-bond donors (Lipinski definition) is 0. The number of aromatic nitrogens is 2. The third-order valence-corrected chi connectivity index (χ3v) is 3.58. The summed E-state index contributed by atoms with van der Waals surface area (Å²) in [5.74, 6) is -1.22. The first kappa shape index (κ1) is 16.8. The summed E-state index contributed by atoms with van der Waals surface area (Å²) in [4.78, 5) is 16.3. The zero-order valence-electron chi connectivity index (χ0n) is 13.5. The van der Waals surface area contributed by atoms with Crippen LogP contribution >= 0.6 is 0 Å². The Labute approximate surface area is 142 Å². The second-order valence-corrected chi connectivity index (χ2v) is 5.44. The van der Waals surface area contributed by atoms with Crippen LogP contribution in [0.1, 0.15) is 34.8 Å². The Morgan fingerprint density at radius 1 is 1.16 bits per heavy atom. The van der Waals surface area contributed by atoms with Gasteiger partial charge in [-0.05, 0) is 50.2 Å². The summed E-state index contributed by atoms with van der Waals surface area (Å²) in [5, 5.41) is 3.70. The fraction of sp³-hybridized carbons (Fsp3) is 0.167. The first-order valence-electron chi connectivity index (χ1n) is 7.50. The molecule has 0 aliphatic heterocycles. The third kappa shape index (κ3) is 3.71. The van der Waals surface area contributed by atoms with Crippen molar-refractivity contribution in [3.05, 3.63) is 71.1 Å². The van der Waals surface area contributed by atoms with Gasteiger partial charge in [-0.25, -0.2) is 13.6 Å². The van der Waals surface area contributed by atoms with Crippen molar-refractivity contribution in [3.8, 4) is 11.5 Å². The van der Waals surface area contributed by atoms with Gasteiger partial charge >= 0.3 is 5.97 Å². The van der Waals surface area contributed by atoms with Gasteiger partial charge in [0.1, 0.15) is 17.7 Å². The molecule has 0 radical (unpaired) electrons. The highest BCUT2D eigenvalue weighted by molar-refractivity contribution is 5.90. The number of benzene rings is 2. The second kappa shape index (κ2) is 6.80. The van der Waals surface area contributed by atoms with E-state index in [-0.39, 0.29) is 11.1 Å². The van der Waals surface area contributed by atoms with Gasteiger partial charge in [-0.1, -0.05) is 5.16 Å². The van der Waals surface area contributed by atoms with E-state index < -0.39 is 23.7 Å². The lowest BCUT2D eigenvalue weighted by Crippen LogP contribution is -2.10. The Morgan fingerprint density at radius 3 is 2.48 bits per heavy atom. The maximum atomic E-state index is 13.7. The van der Waals surface area contributed by atoms with Gasteiger partial charge in [0, 0.05) is 17.2 Å². The maximum absolute atomic E-state index is 13.7. The molecule has 0 spiro atoms. The van der Waals surface area contributed by atoms with Gasteiger partial charge in [-0.3, -0.25) is 0 Å². The lowest BCUT2D eigenvalue weighted by molar-refractivity contribution is 0.0331. The van der Waals surface area contributed by atoms with E-state index in [2.05, 4.69) is 10.1 Å². The minimum atomic E-state index is -0.855. The molecule has 1 atom stereocenters. The Balaban J connectivity index is 1.72. The number of hydrogen-bond acceptors (Lipinski definition) is 5. The van der Waals surface area contributed by atoms with E-state index in [1.807, 2.05) is 0 Å². The van der Waals surface area contributed by atoms with Gasteiger partial charge in [0.05, 0.1) is 5.56 Å². The Morgan fingerprint density at radius 2 is 1.88 bits per heavy atom. The summed E-state index contributed by atoms with van der Waals surface area (Å²) >= 11 is 0. The lowest BCUT2D eigenvalue weighted by atomic mass is 10.1. The minimum absolute atomic E-state index is 0.104. The number of carbonyl (C=O) groups excluding carboxylic acids is 1. The Hall–Kier alpha value is -3.09. The van der Waals surface area contributed by atoms with Crippen molar-refractivity contribution in [2.24, 2.45) is 0 Å². The molecule has 1 heterocycles. The molecule has 25 heavy (non-hydrogen) atoms. The number of ether oxygens (including phenoxy) is 1. The average molecular weight is 344 g/mol. The van der Waals surface area contributed by atoms with Crippen molar-refractivity contribution in [2.75, 3.05) is 0 Å². The van der Waals surface area contributed by atoms with Crippen LogP contribution in [0.25, 0.3) is 11.5 Å². The Bertz CT molecular complexity index is 907. The largest absolute Gasteiger partial charge is 0.454 e. The monoisotopic (exact) mass is 344 g/mol. The van der Waals surface area contributed by atoms with Crippen LogP contribution in [-0.2, 0) is 4.74 Å². The van der Waals surface area contributed by atoms with Crippen molar-refractivity contribution in [2.45, 2.75) is 20.0 Å². The molecule has 0 N–H and O–H groups in total. The first-order valence-corrected chi connectivity index (χ1v) is 7.50. The average Bonchev–Trinajstić information content (AvgIpc) is 3.01. The van der Waals surface area contributed by atoms with E-state index in [1.165, 1.54) is 13.0 Å². The summed E-state index contributed by atoms with van der Waals surface area (Å²) in [6.45, 7) is 3.22. The zero-order chi connectivity index (χ0) is 18.0. The summed E-state index contributed by atoms with van der Waals surface area (Å²) in [6, 6.07) is 9.50. The smallest absolute Gasteiger partial charge is 0.338 e. The van der Waals surface area contributed by atoms with E-state index >= 15 is 0 Å². The first-order chi connectivity index (χ1) is 11.9. The van der Waals surface area contributed by atoms with Gasteiger partial charge in [0.15, 0.2) is 5.82 Å². The van der Waals surface area contributed by atoms with Crippen LogP contribution in [0.5, 0.6) is 0 Å². The standard InChI is InChI=1S/C18H14F2N2O3/c1-10(15-8-7-14(19)9-16(15)20)24-18(23)13-5-3-12(4-6-13)17-21-11(2)22-25-17/h3-10H,1-2H3. The van der Waals surface area contributed by atoms with Gasteiger partial charge in [0.25, 0.3) is 5.89 Å². The van der Waals surface area contributed by atoms with Crippen LogP contribution in [0.2, 0.25) is 0 Å². The summed E-state index contributed by atoms with van der Waals surface area (Å²) < 4.78 is 37.0. The maximum Gasteiger partial charge on any atom is 0.338 e. The molecule has 0 aliphatic rings. The summed E-state index contributed by atoms with van der Waals surface area (Å²) in [7, 11) is 0. The number of esters is 1. The Kier molecular flexibility index (Phi) is 4.56. The van der Waals surface area contributed by atoms with Crippen molar-refractivity contribution < 1.29 is 22.8 Å². The molecule has 5 nitrogen and oxygen atoms in total. The molecule has 1 aromatic heterocycles. The normalized spacial score (nSPS) is 12.0. The van der Waals surface area contributed by atoms with Crippen LogP contribution in [0.4, 0.5) is 8.78 Å². The SMILES string of the molecule is Cc1noc(-c2ccc(C(=O)OC(C)c3ccc(F)cc3F)cc2)n1. The van der Waals surface area contributed by atoms with Crippen molar-refractivity contribution >= 4 is 5.97 Å². The fourth-order valence-electron chi connectivity index (χ4n) is 2.29. The van der Waals surface area contributed by atoms with E-state index in [1.54, 1.807) is 31.2 Å². The quantitative estimate of drug-likeness (QED) is 0.662. The highest BCUT2D eigenvalue weighted by atomic mass is 19.1. The highest BCUT2D eigenvalue weighted by Gasteiger charge is 2.18. The van der Waals surface area contributed by atoms with Crippen LogP contribution in [0.3, 0.4) is 0 Å². The predicted molar refractivity (Wildman–Crippen MR) is 84.7 cm³/mol. The molecular formula is C18H14F2N2O3. The molecule has 3 rings (SSSR count). The summed E-state index contributed by atoms with van der Waals surface area (Å²) in [5.41, 5.74) is 1.05. The van der Waals surface area contributed by atoms with Crippen molar-refractivity contribution in [1.82, 2.24) is 10.1 Å². The molecule has 0 aliphatic carbocycles. The minimum Gasteiger partial charge on any atom is -0.454 e. The van der Waals surface area contributed by atoms with E-state index in [0.29, 0.717) is 17.3 Å². The van der Waals surface area contributed by atoms with E-state index in [4.69, 9.17) is 9.26 Å². The second-order valence-electron chi connectivity index (χ2n) is 5.44. The molecule has 1 unspecified atom stereocenters. The van der Waals surface area contributed by atoms with Gasteiger partial charge in [-0.15, -0.1) is 0 Å². The van der Waals surface area contributed by atoms with E-state index in [0.717, 1.165) is 12.1 Å². The van der Waals surface area contributed by atoms with Crippen molar-refractivity contribution in [1.29, 1.82) is 0 Å². The number of carbonyl (C=O) groups is 1. The molecule has 128 valence electrons.